The van der Waals surface area contributed by atoms with Crippen molar-refractivity contribution < 1.29 is 19.1 Å². The molecule has 0 aliphatic carbocycles. The summed E-state index contributed by atoms with van der Waals surface area (Å²) in [4.78, 5) is 39.6. The predicted octanol–water partition coefficient (Wildman–Crippen LogP) is 2.89. The number of ether oxygens (including phenoxy) is 1. The fraction of sp³-hybridized carbons (Fsp3) is 0.312. The third-order valence-corrected chi connectivity index (χ3v) is 5.54. The van der Waals surface area contributed by atoms with E-state index >= 15 is 0 Å². The predicted molar refractivity (Wildman–Crippen MR) is 96.5 cm³/mol. The van der Waals surface area contributed by atoms with E-state index in [4.69, 9.17) is 27.9 Å². The highest BCUT2D eigenvalue weighted by Gasteiger charge is 2.37. The number of carbonyl (C=O) groups excluding carboxylic acids is 3. The molecule has 132 valence electrons. The molecule has 0 bridgehead atoms. The molecule has 1 aromatic rings. The second kappa shape index (κ2) is 7.78. The highest BCUT2D eigenvalue weighted by Crippen LogP contribution is 2.35. The van der Waals surface area contributed by atoms with Gasteiger partial charge in [0.05, 0.1) is 28.2 Å². The van der Waals surface area contributed by atoms with Crippen LogP contribution in [0.1, 0.15) is 5.56 Å². The van der Waals surface area contributed by atoms with E-state index in [1.807, 2.05) is 0 Å². The Balaban J connectivity index is 1.74. The molecule has 0 saturated carbocycles. The van der Waals surface area contributed by atoms with Gasteiger partial charge in [-0.2, -0.15) is 0 Å². The van der Waals surface area contributed by atoms with Crippen LogP contribution in [0, 0.1) is 0 Å². The van der Waals surface area contributed by atoms with Gasteiger partial charge in [-0.25, -0.2) is 0 Å². The van der Waals surface area contributed by atoms with Crippen LogP contribution >= 0.6 is 35.0 Å². The lowest BCUT2D eigenvalue weighted by atomic mass is 10.2. The molecule has 2 aliphatic heterocycles. The van der Waals surface area contributed by atoms with Crippen LogP contribution < -0.4 is 0 Å². The fourth-order valence-electron chi connectivity index (χ4n) is 2.46. The van der Waals surface area contributed by atoms with Gasteiger partial charge in [-0.1, -0.05) is 35.3 Å². The molecule has 0 radical (unpaired) electrons. The molecule has 6 nitrogen and oxygen atoms in total. The van der Waals surface area contributed by atoms with Gasteiger partial charge in [-0.3, -0.25) is 19.3 Å². The first-order valence-corrected chi connectivity index (χ1v) is 9.09. The van der Waals surface area contributed by atoms with Crippen molar-refractivity contribution in [3.05, 3.63) is 38.7 Å². The molecule has 0 N–H and O–H groups in total. The fourth-order valence-corrected chi connectivity index (χ4v) is 3.65. The molecule has 1 aromatic carbocycles. The first kappa shape index (κ1) is 18.3. The van der Waals surface area contributed by atoms with Crippen LogP contribution in [-0.2, 0) is 14.3 Å². The van der Waals surface area contributed by atoms with Crippen LogP contribution in [0.25, 0.3) is 6.08 Å². The van der Waals surface area contributed by atoms with E-state index in [0.29, 0.717) is 41.9 Å². The average Bonchev–Trinajstić information content (AvgIpc) is 2.87. The van der Waals surface area contributed by atoms with Gasteiger partial charge in [0.2, 0.25) is 5.91 Å². The first-order valence-electron chi connectivity index (χ1n) is 7.52. The SMILES string of the molecule is O=C(CN1C(=O)S/C(=C\c2cccc(Cl)c2Cl)C1=O)N1CCOCC1. The molecule has 2 heterocycles. The quantitative estimate of drug-likeness (QED) is 0.729. The summed E-state index contributed by atoms with van der Waals surface area (Å²) in [6.45, 7) is 1.57. The van der Waals surface area contributed by atoms with Crippen molar-refractivity contribution in [3.8, 4) is 0 Å². The Kier molecular flexibility index (Phi) is 5.68. The van der Waals surface area contributed by atoms with Crippen LogP contribution in [0.15, 0.2) is 23.1 Å². The van der Waals surface area contributed by atoms with E-state index in [1.54, 1.807) is 23.1 Å². The van der Waals surface area contributed by atoms with Gasteiger partial charge in [0, 0.05) is 13.1 Å². The Morgan fingerprint density at radius 3 is 2.68 bits per heavy atom. The Morgan fingerprint density at radius 1 is 1.24 bits per heavy atom. The van der Waals surface area contributed by atoms with Gasteiger partial charge in [-0.15, -0.1) is 0 Å². The number of benzene rings is 1. The summed E-state index contributed by atoms with van der Waals surface area (Å²) in [6, 6.07) is 5.03. The minimum absolute atomic E-state index is 0.212. The molecule has 3 amide bonds. The van der Waals surface area contributed by atoms with Crippen molar-refractivity contribution in [1.29, 1.82) is 0 Å². The van der Waals surface area contributed by atoms with Crippen molar-refractivity contribution in [2.75, 3.05) is 32.8 Å². The van der Waals surface area contributed by atoms with E-state index in [-0.39, 0.29) is 17.4 Å². The molecule has 3 rings (SSSR count). The van der Waals surface area contributed by atoms with Crippen molar-refractivity contribution in [2.24, 2.45) is 0 Å². The second-order valence-electron chi connectivity index (χ2n) is 5.40. The largest absolute Gasteiger partial charge is 0.378 e. The first-order chi connectivity index (χ1) is 12.0. The zero-order valence-corrected chi connectivity index (χ0v) is 15.4. The number of amides is 3. The van der Waals surface area contributed by atoms with Crippen LogP contribution in [0.5, 0.6) is 0 Å². The maximum atomic E-state index is 12.5. The summed E-state index contributed by atoms with van der Waals surface area (Å²) in [7, 11) is 0. The molecule has 2 fully saturated rings. The van der Waals surface area contributed by atoms with Gasteiger partial charge in [0.1, 0.15) is 6.54 Å². The van der Waals surface area contributed by atoms with Crippen molar-refractivity contribution in [3.63, 3.8) is 0 Å². The number of thioether (sulfide) groups is 1. The zero-order valence-electron chi connectivity index (χ0n) is 13.0. The Hall–Kier alpha value is -1.54. The maximum absolute atomic E-state index is 12.5. The number of hydrogen-bond donors (Lipinski definition) is 0. The number of imide groups is 1. The normalized spacial score (nSPS) is 19.8. The van der Waals surface area contributed by atoms with Crippen LogP contribution in [-0.4, -0.2) is 59.7 Å². The van der Waals surface area contributed by atoms with Crippen LogP contribution in [0.2, 0.25) is 10.0 Å². The monoisotopic (exact) mass is 400 g/mol. The van der Waals surface area contributed by atoms with E-state index in [1.165, 1.54) is 6.08 Å². The van der Waals surface area contributed by atoms with Gasteiger partial charge < -0.3 is 9.64 Å². The number of rotatable bonds is 3. The van der Waals surface area contributed by atoms with Gasteiger partial charge >= 0.3 is 0 Å². The summed E-state index contributed by atoms with van der Waals surface area (Å²) >= 11 is 12.8. The number of carbonyl (C=O) groups is 3. The molecule has 0 atom stereocenters. The standard InChI is InChI=1S/C16H14Cl2N2O4S/c17-11-3-1-2-10(14(11)18)8-12-15(22)20(16(23)25-12)9-13(21)19-4-6-24-7-5-19/h1-3,8H,4-7,9H2/b12-8-. The van der Waals surface area contributed by atoms with Crippen LogP contribution in [0.3, 0.4) is 0 Å². The third-order valence-electron chi connectivity index (χ3n) is 3.80. The zero-order chi connectivity index (χ0) is 18.0. The summed E-state index contributed by atoms with van der Waals surface area (Å²) in [5.74, 6) is -0.778. The molecule has 2 saturated heterocycles. The third kappa shape index (κ3) is 4.00. The Bertz CT molecular complexity index is 763. The number of halogens is 2. The minimum Gasteiger partial charge on any atom is -0.378 e. The van der Waals surface area contributed by atoms with Gasteiger partial charge in [0.25, 0.3) is 11.1 Å². The lowest BCUT2D eigenvalue weighted by Crippen LogP contribution is -2.46. The molecule has 2 aliphatic rings. The highest BCUT2D eigenvalue weighted by molar-refractivity contribution is 8.18. The molecule has 0 unspecified atom stereocenters. The maximum Gasteiger partial charge on any atom is 0.294 e. The van der Waals surface area contributed by atoms with Crippen molar-refractivity contribution in [2.45, 2.75) is 0 Å². The molecular weight excluding hydrogens is 387 g/mol. The van der Waals surface area contributed by atoms with E-state index in [2.05, 4.69) is 0 Å². The molecular formula is C16H14Cl2N2O4S. The van der Waals surface area contributed by atoms with E-state index in [9.17, 15) is 14.4 Å². The Labute approximate surface area is 158 Å². The lowest BCUT2D eigenvalue weighted by Gasteiger charge is -2.28. The summed E-state index contributed by atoms with van der Waals surface area (Å²) in [5.41, 5.74) is 0.541. The van der Waals surface area contributed by atoms with E-state index < -0.39 is 11.1 Å². The molecule has 0 aromatic heterocycles. The second-order valence-corrected chi connectivity index (χ2v) is 7.18. The van der Waals surface area contributed by atoms with E-state index in [0.717, 1.165) is 16.7 Å². The van der Waals surface area contributed by atoms with Crippen molar-refractivity contribution in [1.82, 2.24) is 9.80 Å². The number of hydrogen-bond acceptors (Lipinski definition) is 5. The summed E-state index contributed by atoms with van der Waals surface area (Å²) < 4.78 is 5.19. The summed E-state index contributed by atoms with van der Waals surface area (Å²) in [6.07, 6.45) is 1.51. The minimum atomic E-state index is -0.507. The number of morpholine rings is 1. The van der Waals surface area contributed by atoms with Gasteiger partial charge in [-0.05, 0) is 29.5 Å². The van der Waals surface area contributed by atoms with Crippen LogP contribution in [0.4, 0.5) is 4.79 Å². The number of nitrogens with zero attached hydrogens (tertiary/aromatic N) is 2. The van der Waals surface area contributed by atoms with Crippen molar-refractivity contribution >= 4 is 58.1 Å². The Morgan fingerprint density at radius 2 is 1.96 bits per heavy atom. The van der Waals surface area contributed by atoms with Gasteiger partial charge in [0.15, 0.2) is 0 Å². The topological polar surface area (TPSA) is 66.9 Å². The molecule has 9 heteroatoms. The molecule has 25 heavy (non-hydrogen) atoms. The lowest BCUT2D eigenvalue weighted by molar-refractivity contribution is -0.139. The highest BCUT2D eigenvalue weighted by atomic mass is 35.5. The average molecular weight is 401 g/mol. The molecule has 0 spiro atoms. The smallest absolute Gasteiger partial charge is 0.294 e. The summed E-state index contributed by atoms with van der Waals surface area (Å²) in [5, 5.41) is 0.188.